The first kappa shape index (κ1) is 22.6. The van der Waals surface area contributed by atoms with Gasteiger partial charge in [0.05, 0.1) is 10.4 Å². The zero-order chi connectivity index (χ0) is 23.4. The summed E-state index contributed by atoms with van der Waals surface area (Å²) in [6.45, 7) is 5.11. The van der Waals surface area contributed by atoms with Crippen LogP contribution in [-0.4, -0.2) is 51.3 Å². The van der Waals surface area contributed by atoms with Crippen LogP contribution in [0.4, 0.5) is 11.4 Å². The summed E-state index contributed by atoms with van der Waals surface area (Å²) in [6.07, 6.45) is 2.34. The average Bonchev–Trinajstić information content (AvgIpc) is 2.81. The summed E-state index contributed by atoms with van der Waals surface area (Å²) in [5.41, 5.74) is 1.42. The lowest BCUT2D eigenvalue weighted by atomic mass is 10.1. The van der Waals surface area contributed by atoms with Crippen LogP contribution in [-0.2, 0) is 17.9 Å². The fraction of sp³-hybridized carbons (Fsp3) is 0.375. The Kier molecular flexibility index (Phi) is 6.79. The van der Waals surface area contributed by atoms with Crippen LogP contribution in [0, 0.1) is 10.1 Å². The fourth-order valence-corrected chi connectivity index (χ4v) is 4.39. The van der Waals surface area contributed by atoms with E-state index in [-0.39, 0.29) is 12.3 Å². The number of nitro groups is 1. The quantitative estimate of drug-likeness (QED) is 0.385. The number of benzene rings is 1. The lowest BCUT2D eigenvalue weighted by Crippen LogP contribution is -2.46. The monoisotopic (exact) mass is 449 g/mol. The molecule has 3 heterocycles. The van der Waals surface area contributed by atoms with E-state index < -0.39 is 16.2 Å². The van der Waals surface area contributed by atoms with Gasteiger partial charge in [0.15, 0.2) is 0 Å². The van der Waals surface area contributed by atoms with E-state index in [4.69, 9.17) is 0 Å². The predicted octanol–water partition coefficient (Wildman–Crippen LogP) is 3.00. The normalized spacial score (nSPS) is 14.5. The number of rotatable bonds is 8. The molecule has 0 atom stereocenters. The molecule has 1 aromatic carbocycles. The zero-order valence-corrected chi connectivity index (χ0v) is 18.6. The van der Waals surface area contributed by atoms with Gasteiger partial charge in [-0.05, 0) is 31.0 Å². The van der Waals surface area contributed by atoms with Crippen molar-refractivity contribution >= 4 is 28.2 Å². The van der Waals surface area contributed by atoms with Crippen molar-refractivity contribution in [1.82, 2.24) is 14.5 Å². The van der Waals surface area contributed by atoms with Gasteiger partial charge in [0.25, 0.3) is 0 Å². The van der Waals surface area contributed by atoms with E-state index in [9.17, 15) is 19.7 Å². The molecule has 1 aliphatic rings. The van der Waals surface area contributed by atoms with Crippen molar-refractivity contribution in [3.63, 3.8) is 0 Å². The molecule has 1 aliphatic heterocycles. The fourth-order valence-electron chi connectivity index (χ4n) is 4.39. The number of Topliss-reactive ketones (excluding diaryl/α,β-unsaturated/α-hetero) is 1. The van der Waals surface area contributed by atoms with Crippen molar-refractivity contribution in [3.05, 3.63) is 74.7 Å². The first-order chi connectivity index (χ1) is 16.0. The number of aryl methyl sites for hydroxylation is 1. The Morgan fingerprint density at radius 2 is 1.82 bits per heavy atom. The molecule has 0 saturated carbocycles. The number of carbonyl (C=O) groups is 1. The molecular weight excluding hydrogens is 422 g/mol. The standard InChI is InChI=1S/C24H27N5O4/c1-18(30)7-6-12-28-20-10-5-11-25-21(20)22(23(24(28)31)29(32)33)27-15-13-26(14-16-27)17-19-8-3-2-4-9-19/h2-5,8-11H,6-7,12-17H2,1H3. The van der Waals surface area contributed by atoms with Crippen molar-refractivity contribution in [3.8, 4) is 0 Å². The third kappa shape index (κ3) is 4.93. The molecule has 0 spiro atoms. The molecule has 4 rings (SSSR count). The van der Waals surface area contributed by atoms with E-state index in [2.05, 4.69) is 22.0 Å². The molecule has 33 heavy (non-hydrogen) atoms. The summed E-state index contributed by atoms with van der Waals surface area (Å²) in [6, 6.07) is 13.7. The van der Waals surface area contributed by atoms with E-state index in [1.807, 2.05) is 23.1 Å². The van der Waals surface area contributed by atoms with Gasteiger partial charge in [-0.2, -0.15) is 0 Å². The number of aromatic nitrogens is 2. The summed E-state index contributed by atoms with van der Waals surface area (Å²) < 4.78 is 1.39. The van der Waals surface area contributed by atoms with Gasteiger partial charge >= 0.3 is 11.2 Å². The van der Waals surface area contributed by atoms with Gasteiger partial charge in [0.1, 0.15) is 17.0 Å². The van der Waals surface area contributed by atoms with Crippen LogP contribution in [0.1, 0.15) is 25.3 Å². The van der Waals surface area contributed by atoms with Gasteiger partial charge in [-0.3, -0.25) is 24.8 Å². The minimum atomic E-state index is -0.647. The molecule has 2 aromatic heterocycles. The Bertz CT molecular complexity index is 1220. The van der Waals surface area contributed by atoms with Crippen molar-refractivity contribution in [1.29, 1.82) is 0 Å². The highest BCUT2D eigenvalue weighted by Crippen LogP contribution is 2.33. The highest BCUT2D eigenvalue weighted by molar-refractivity contribution is 5.93. The molecule has 3 aromatic rings. The third-order valence-electron chi connectivity index (χ3n) is 6.00. The van der Waals surface area contributed by atoms with E-state index in [0.717, 1.165) is 19.6 Å². The van der Waals surface area contributed by atoms with Crippen molar-refractivity contribution < 1.29 is 9.72 Å². The highest BCUT2D eigenvalue weighted by Gasteiger charge is 2.32. The molecule has 0 radical (unpaired) electrons. The third-order valence-corrected chi connectivity index (χ3v) is 6.00. The number of pyridine rings is 2. The van der Waals surface area contributed by atoms with Gasteiger partial charge in [-0.15, -0.1) is 0 Å². The summed E-state index contributed by atoms with van der Waals surface area (Å²) in [5.74, 6) is 0.0185. The molecule has 0 amide bonds. The van der Waals surface area contributed by atoms with Crippen LogP contribution in [0.15, 0.2) is 53.5 Å². The molecule has 0 bridgehead atoms. The molecule has 0 unspecified atom stereocenters. The number of nitrogens with zero attached hydrogens (tertiary/aromatic N) is 5. The topological polar surface area (TPSA) is 102 Å². The minimum absolute atomic E-state index is 0.0185. The second-order valence-corrected chi connectivity index (χ2v) is 8.34. The second kappa shape index (κ2) is 9.91. The summed E-state index contributed by atoms with van der Waals surface area (Å²) >= 11 is 0. The number of hydrogen-bond donors (Lipinski definition) is 0. The van der Waals surface area contributed by atoms with Crippen LogP contribution in [0.2, 0.25) is 0 Å². The Morgan fingerprint density at radius 1 is 1.09 bits per heavy atom. The molecule has 1 fully saturated rings. The summed E-state index contributed by atoms with van der Waals surface area (Å²) in [5, 5.41) is 12.0. The molecule has 172 valence electrons. The minimum Gasteiger partial charge on any atom is -0.361 e. The maximum atomic E-state index is 13.2. The Hall–Kier alpha value is -3.59. The number of anilines is 1. The Labute approximate surface area is 191 Å². The van der Waals surface area contributed by atoms with E-state index in [1.165, 1.54) is 17.1 Å². The SMILES string of the molecule is CC(=O)CCCn1c(=O)c([N+](=O)[O-])c(N2CCN(Cc3ccccc3)CC2)c2ncccc21. The van der Waals surface area contributed by atoms with Crippen LogP contribution in [0.3, 0.4) is 0 Å². The number of carbonyl (C=O) groups excluding carboxylic acids is 1. The van der Waals surface area contributed by atoms with E-state index in [0.29, 0.717) is 42.7 Å². The maximum Gasteiger partial charge on any atom is 0.359 e. The van der Waals surface area contributed by atoms with Gasteiger partial charge in [-0.1, -0.05) is 30.3 Å². The van der Waals surface area contributed by atoms with E-state index >= 15 is 0 Å². The van der Waals surface area contributed by atoms with Gasteiger partial charge < -0.3 is 14.3 Å². The molecule has 9 heteroatoms. The Morgan fingerprint density at radius 3 is 2.48 bits per heavy atom. The number of fused-ring (bicyclic) bond motifs is 1. The van der Waals surface area contributed by atoms with Crippen LogP contribution < -0.4 is 10.5 Å². The largest absolute Gasteiger partial charge is 0.361 e. The van der Waals surface area contributed by atoms with Gasteiger partial charge in [-0.25, -0.2) is 0 Å². The second-order valence-electron chi connectivity index (χ2n) is 8.34. The van der Waals surface area contributed by atoms with Gasteiger partial charge in [0.2, 0.25) is 0 Å². The first-order valence-corrected chi connectivity index (χ1v) is 11.1. The lowest BCUT2D eigenvalue weighted by Gasteiger charge is -2.36. The zero-order valence-electron chi connectivity index (χ0n) is 18.6. The molecule has 0 N–H and O–H groups in total. The molecule has 1 saturated heterocycles. The predicted molar refractivity (Wildman–Crippen MR) is 127 cm³/mol. The van der Waals surface area contributed by atoms with E-state index in [1.54, 1.807) is 18.3 Å². The van der Waals surface area contributed by atoms with Crippen molar-refractivity contribution in [2.75, 3.05) is 31.1 Å². The van der Waals surface area contributed by atoms with Gasteiger partial charge in [0, 0.05) is 51.9 Å². The molecule has 9 nitrogen and oxygen atoms in total. The maximum absolute atomic E-state index is 13.2. The average molecular weight is 450 g/mol. The Balaban J connectivity index is 1.66. The van der Waals surface area contributed by atoms with Crippen molar-refractivity contribution in [2.24, 2.45) is 0 Å². The van der Waals surface area contributed by atoms with Crippen LogP contribution >= 0.6 is 0 Å². The highest BCUT2D eigenvalue weighted by atomic mass is 16.6. The first-order valence-electron chi connectivity index (χ1n) is 11.1. The number of hydrogen-bond acceptors (Lipinski definition) is 7. The lowest BCUT2D eigenvalue weighted by molar-refractivity contribution is -0.385. The molecular formula is C24H27N5O4. The molecule has 0 aliphatic carbocycles. The van der Waals surface area contributed by atoms with Crippen LogP contribution in [0.5, 0.6) is 0 Å². The number of ketones is 1. The smallest absolute Gasteiger partial charge is 0.359 e. The van der Waals surface area contributed by atoms with Crippen LogP contribution in [0.25, 0.3) is 11.0 Å². The number of piperazine rings is 1. The van der Waals surface area contributed by atoms with Crippen molar-refractivity contribution in [2.45, 2.75) is 32.9 Å². The summed E-state index contributed by atoms with van der Waals surface area (Å²) in [7, 11) is 0. The summed E-state index contributed by atoms with van der Waals surface area (Å²) in [4.78, 5) is 44.7.